The van der Waals surface area contributed by atoms with E-state index in [0.29, 0.717) is 12.1 Å². The smallest absolute Gasteiger partial charge is 0.269 e. The highest BCUT2D eigenvalue weighted by molar-refractivity contribution is 5.95. The van der Waals surface area contributed by atoms with Crippen LogP contribution >= 0.6 is 0 Å². The second-order valence-electron chi connectivity index (χ2n) is 6.38. The van der Waals surface area contributed by atoms with Crippen molar-refractivity contribution in [3.05, 3.63) is 52.3 Å². The van der Waals surface area contributed by atoms with Gasteiger partial charge in [-0.15, -0.1) is 0 Å². The largest absolute Gasteiger partial charge is 0.364 e. The lowest BCUT2D eigenvalue weighted by Gasteiger charge is -2.35. The Kier molecular flexibility index (Phi) is 4.38. The number of benzene rings is 1. The number of rotatable bonds is 3. The van der Waals surface area contributed by atoms with Crippen molar-refractivity contribution in [3.8, 4) is 0 Å². The number of piperidine rings is 1. The zero-order chi connectivity index (χ0) is 17.3. The van der Waals surface area contributed by atoms with Gasteiger partial charge in [0.25, 0.3) is 11.8 Å². The maximum absolute atomic E-state index is 13.0. The number of hydrogen-bond acceptors (Lipinski definition) is 3. The van der Waals surface area contributed by atoms with Crippen LogP contribution < -0.4 is 5.73 Å². The molecule has 0 bridgehead atoms. The normalized spacial score (nSPS) is 17.8. The molecule has 2 heterocycles. The Morgan fingerprint density at radius 1 is 1.21 bits per heavy atom. The highest BCUT2D eigenvalue weighted by Gasteiger charge is 2.30. The number of hydrogen-bond donors (Lipinski definition) is 2. The van der Waals surface area contributed by atoms with Gasteiger partial charge in [-0.05, 0) is 62.4 Å². The molecule has 3 N–H and O–H groups in total. The molecule has 1 aliphatic rings. The topological polar surface area (TPSA) is 92.1 Å². The molecule has 1 aromatic carbocycles. The number of nitrogens with two attached hydrogens (primary N) is 1. The van der Waals surface area contributed by atoms with Crippen LogP contribution in [-0.2, 0) is 0 Å². The number of aryl methyl sites for hydroxylation is 2. The van der Waals surface area contributed by atoms with Crippen LogP contribution in [0.25, 0.3) is 0 Å². The van der Waals surface area contributed by atoms with Crippen molar-refractivity contribution in [1.82, 2.24) is 15.1 Å². The van der Waals surface area contributed by atoms with Gasteiger partial charge in [-0.1, -0.05) is 6.07 Å². The maximum Gasteiger partial charge on any atom is 0.269 e. The molecule has 2 aromatic rings. The molecule has 24 heavy (non-hydrogen) atoms. The van der Waals surface area contributed by atoms with Crippen LogP contribution in [0.4, 0.5) is 0 Å². The van der Waals surface area contributed by atoms with Gasteiger partial charge in [0.15, 0.2) is 0 Å². The van der Waals surface area contributed by atoms with Gasteiger partial charge in [-0.25, -0.2) is 0 Å². The van der Waals surface area contributed by atoms with E-state index in [1.54, 1.807) is 6.07 Å². The van der Waals surface area contributed by atoms with Gasteiger partial charge < -0.3 is 10.6 Å². The Hall–Kier alpha value is -2.63. The van der Waals surface area contributed by atoms with Crippen molar-refractivity contribution < 1.29 is 9.59 Å². The molecular weight excluding hydrogens is 304 g/mol. The van der Waals surface area contributed by atoms with Crippen LogP contribution in [0.3, 0.4) is 0 Å². The molecule has 6 nitrogen and oxygen atoms in total. The van der Waals surface area contributed by atoms with Crippen LogP contribution in [0.2, 0.25) is 0 Å². The highest BCUT2D eigenvalue weighted by atomic mass is 16.2. The van der Waals surface area contributed by atoms with E-state index >= 15 is 0 Å². The minimum Gasteiger partial charge on any atom is -0.364 e. The zero-order valence-electron chi connectivity index (χ0n) is 14.0. The standard InChI is InChI=1S/C18H22N4O2/c1-11-6-7-13(9-12(11)2)18(24)22-8-4-3-5-16(22)14-10-15(17(19)23)21-20-14/h6-7,9-10,16H,3-5,8H2,1-2H3,(H2,19,23)(H,20,21). The molecule has 0 radical (unpaired) electrons. The summed E-state index contributed by atoms with van der Waals surface area (Å²) in [6, 6.07) is 7.33. The monoisotopic (exact) mass is 326 g/mol. The number of primary amides is 1. The first-order valence-corrected chi connectivity index (χ1v) is 8.20. The summed E-state index contributed by atoms with van der Waals surface area (Å²) >= 11 is 0. The molecule has 1 atom stereocenters. The lowest BCUT2D eigenvalue weighted by atomic mass is 9.97. The molecule has 0 spiro atoms. The van der Waals surface area contributed by atoms with E-state index in [4.69, 9.17) is 5.73 Å². The number of likely N-dealkylation sites (tertiary alicyclic amines) is 1. The SMILES string of the molecule is Cc1ccc(C(=O)N2CCCCC2c2cc(C(N)=O)n[nH]2)cc1C. The van der Waals surface area contributed by atoms with Crippen molar-refractivity contribution in [2.24, 2.45) is 5.73 Å². The summed E-state index contributed by atoms with van der Waals surface area (Å²) in [5, 5.41) is 6.81. The molecule has 6 heteroatoms. The summed E-state index contributed by atoms with van der Waals surface area (Å²) in [4.78, 5) is 26.1. The Bertz CT molecular complexity index is 781. The summed E-state index contributed by atoms with van der Waals surface area (Å²) in [6.07, 6.45) is 2.85. The predicted molar refractivity (Wildman–Crippen MR) is 90.7 cm³/mol. The number of H-pyrrole nitrogens is 1. The molecule has 1 fully saturated rings. The molecule has 2 amide bonds. The first-order chi connectivity index (χ1) is 11.5. The number of nitrogens with one attached hydrogen (secondary N) is 1. The van der Waals surface area contributed by atoms with Crippen molar-refractivity contribution in [2.45, 2.75) is 39.2 Å². The predicted octanol–water partition coefficient (Wildman–Crippen LogP) is 2.49. The lowest BCUT2D eigenvalue weighted by Crippen LogP contribution is -2.38. The molecule has 1 aliphatic heterocycles. The van der Waals surface area contributed by atoms with Gasteiger partial charge in [-0.3, -0.25) is 14.7 Å². The minimum absolute atomic E-state index is 0.0121. The quantitative estimate of drug-likeness (QED) is 0.907. The first kappa shape index (κ1) is 16.2. The van der Waals surface area contributed by atoms with E-state index in [2.05, 4.69) is 10.2 Å². The summed E-state index contributed by atoms with van der Waals surface area (Å²) in [5.74, 6) is -0.557. The van der Waals surface area contributed by atoms with Crippen LogP contribution in [-0.4, -0.2) is 33.5 Å². The molecule has 3 rings (SSSR count). The van der Waals surface area contributed by atoms with E-state index in [-0.39, 0.29) is 17.6 Å². The highest BCUT2D eigenvalue weighted by Crippen LogP contribution is 2.31. The van der Waals surface area contributed by atoms with E-state index in [0.717, 1.165) is 30.5 Å². The number of aromatic amines is 1. The molecule has 1 unspecified atom stereocenters. The number of aromatic nitrogens is 2. The van der Waals surface area contributed by atoms with Crippen LogP contribution in [0.5, 0.6) is 0 Å². The van der Waals surface area contributed by atoms with E-state index in [1.165, 1.54) is 5.56 Å². The van der Waals surface area contributed by atoms with Crippen LogP contribution in [0, 0.1) is 13.8 Å². The number of carbonyl (C=O) groups excluding carboxylic acids is 2. The number of amides is 2. The Labute approximate surface area is 141 Å². The van der Waals surface area contributed by atoms with Gasteiger partial charge in [0, 0.05) is 12.1 Å². The van der Waals surface area contributed by atoms with Crippen molar-refractivity contribution >= 4 is 11.8 Å². The van der Waals surface area contributed by atoms with Crippen LogP contribution in [0.15, 0.2) is 24.3 Å². The third-order valence-corrected chi connectivity index (χ3v) is 4.73. The number of carbonyl (C=O) groups is 2. The molecule has 1 aromatic heterocycles. The first-order valence-electron chi connectivity index (χ1n) is 8.20. The zero-order valence-corrected chi connectivity index (χ0v) is 14.0. The van der Waals surface area contributed by atoms with E-state index < -0.39 is 5.91 Å². The van der Waals surface area contributed by atoms with Crippen LogP contribution in [0.1, 0.15) is 63.0 Å². The Morgan fingerprint density at radius 3 is 2.67 bits per heavy atom. The van der Waals surface area contributed by atoms with Crippen molar-refractivity contribution in [3.63, 3.8) is 0 Å². The third kappa shape index (κ3) is 3.04. The molecular formula is C18H22N4O2. The van der Waals surface area contributed by atoms with E-state index in [1.807, 2.05) is 36.9 Å². The Morgan fingerprint density at radius 2 is 2.00 bits per heavy atom. The fourth-order valence-corrected chi connectivity index (χ4v) is 3.17. The van der Waals surface area contributed by atoms with Gasteiger partial charge >= 0.3 is 0 Å². The molecule has 0 aliphatic carbocycles. The summed E-state index contributed by atoms with van der Waals surface area (Å²) in [7, 11) is 0. The third-order valence-electron chi connectivity index (χ3n) is 4.73. The molecule has 1 saturated heterocycles. The molecule has 0 saturated carbocycles. The van der Waals surface area contributed by atoms with Crippen molar-refractivity contribution in [2.75, 3.05) is 6.54 Å². The fraction of sp³-hybridized carbons (Fsp3) is 0.389. The van der Waals surface area contributed by atoms with Crippen molar-refractivity contribution in [1.29, 1.82) is 0 Å². The number of nitrogens with zero attached hydrogens (tertiary/aromatic N) is 2. The second-order valence-corrected chi connectivity index (χ2v) is 6.38. The molecule has 126 valence electrons. The average molecular weight is 326 g/mol. The van der Waals surface area contributed by atoms with Gasteiger partial charge in [0.1, 0.15) is 5.69 Å². The Balaban J connectivity index is 1.89. The van der Waals surface area contributed by atoms with E-state index in [9.17, 15) is 9.59 Å². The summed E-state index contributed by atoms with van der Waals surface area (Å²) in [6.45, 7) is 4.73. The lowest BCUT2D eigenvalue weighted by molar-refractivity contribution is 0.0606. The average Bonchev–Trinajstić information content (AvgIpc) is 3.07. The minimum atomic E-state index is -0.569. The van der Waals surface area contributed by atoms with Gasteiger partial charge in [0.05, 0.1) is 11.7 Å². The maximum atomic E-state index is 13.0. The van der Waals surface area contributed by atoms with Gasteiger partial charge in [0.2, 0.25) is 0 Å². The van der Waals surface area contributed by atoms with Gasteiger partial charge in [-0.2, -0.15) is 5.10 Å². The fourth-order valence-electron chi connectivity index (χ4n) is 3.17. The summed E-state index contributed by atoms with van der Waals surface area (Å²) in [5.41, 5.74) is 9.20. The summed E-state index contributed by atoms with van der Waals surface area (Å²) < 4.78 is 0. The second kappa shape index (κ2) is 6.47.